The number of hydrogen-bond donors (Lipinski definition) is 0. The fourth-order valence-electron chi connectivity index (χ4n) is 1.18. The zero-order valence-corrected chi connectivity index (χ0v) is 7.26. The molecule has 0 saturated heterocycles. The van der Waals surface area contributed by atoms with Crippen molar-refractivity contribution < 1.29 is 4.74 Å². The molecule has 0 heterocycles. The molecular weight excluding hydrogens is 124 g/mol. The highest BCUT2D eigenvalue weighted by atomic mass is 16.5. The second kappa shape index (κ2) is 3.38. The molecule has 0 aliphatic heterocycles. The summed E-state index contributed by atoms with van der Waals surface area (Å²) in [6.07, 6.45) is 4.88. The van der Waals surface area contributed by atoms with Crippen LogP contribution in [-0.4, -0.2) is 12.2 Å². The minimum atomic E-state index is 0.507. The minimum absolute atomic E-state index is 0.507. The summed E-state index contributed by atoms with van der Waals surface area (Å²) in [5.41, 5.74) is 0. The predicted octanol–water partition coefficient (Wildman–Crippen LogP) is 2.60. The third-order valence-corrected chi connectivity index (χ3v) is 2.04. The molecule has 1 aliphatic rings. The molecule has 1 rings (SSSR count). The third-order valence-electron chi connectivity index (χ3n) is 2.04. The van der Waals surface area contributed by atoms with Gasteiger partial charge in [0.1, 0.15) is 0 Å². The van der Waals surface area contributed by atoms with Crippen LogP contribution in [0.4, 0.5) is 0 Å². The Morgan fingerprint density at radius 3 is 2.30 bits per heavy atom. The van der Waals surface area contributed by atoms with Gasteiger partial charge < -0.3 is 4.74 Å². The molecule has 1 fully saturated rings. The molecular formula is C9H18O. The Balaban J connectivity index is 2.17. The van der Waals surface area contributed by atoms with Crippen LogP contribution in [0.15, 0.2) is 0 Å². The minimum Gasteiger partial charge on any atom is -0.375 e. The fourth-order valence-corrected chi connectivity index (χ4v) is 1.18. The first-order valence-electron chi connectivity index (χ1n) is 4.39. The molecule has 0 aromatic carbocycles. The van der Waals surface area contributed by atoms with E-state index in [1.165, 1.54) is 12.8 Å². The van der Waals surface area contributed by atoms with Gasteiger partial charge in [-0.2, -0.15) is 0 Å². The van der Waals surface area contributed by atoms with Crippen LogP contribution in [0, 0.1) is 5.92 Å². The maximum Gasteiger partial charge on any atom is 0.0599 e. The van der Waals surface area contributed by atoms with Crippen molar-refractivity contribution in [3.8, 4) is 0 Å². The highest BCUT2D eigenvalue weighted by Gasteiger charge is 2.26. The molecule has 0 N–H and O–H groups in total. The Bertz CT molecular complexity index is 94.9. The van der Waals surface area contributed by atoms with Gasteiger partial charge in [0.05, 0.1) is 12.2 Å². The van der Waals surface area contributed by atoms with Gasteiger partial charge in [0.15, 0.2) is 0 Å². The van der Waals surface area contributed by atoms with E-state index in [-0.39, 0.29) is 0 Å². The maximum atomic E-state index is 5.77. The molecule has 0 bridgehead atoms. The van der Waals surface area contributed by atoms with Gasteiger partial charge in [-0.1, -0.05) is 20.8 Å². The van der Waals surface area contributed by atoms with Crippen LogP contribution in [0.3, 0.4) is 0 Å². The maximum absolute atomic E-state index is 5.77. The molecule has 0 amide bonds. The van der Waals surface area contributed by atoms with Crippen molar-refractivity contribution in [3.05, 3.63) is 0 Å². The van der Waals surface area contributed by atoms with Crippen molar-refractivity contribution in [1.82, 2.24) is 0 Å². The topological polar surface area (TPSA) is 9.23 Å². The number of rotatable bonds is 4. The Kier molecular flexibility index (Phi) is 2.72. The van der Waals surface area contributed by atoms with Crippen molar-refractivity contribution in [2.45, 2.75) is 52.2 Å². The van der Waals surface area contributed by atoms with Crippen LogP contribution in [-0.2, 0) is 4.74 Å². The van der Waals surface area contributed by atoms with Crippen LogP contribution < -0.4 is 0 Å². The lowest BCUT2D eigenvalue weighted by atomic mass is 10.1. The summed E-state index contributed by atoms with van der Waals surface area (Å²) in [6.45, 7) is 6.67. The molecule has 10 heavy (non-hydrogen) atoms. The first-order valence-corrected chi connectivity index (χ1v) is 4.39. The van der Waals surface area contributed by atoms with E-state index in [0.29, 0.717) is 18.1 Å². The summed E-state index contributed by atoms with van der Waals surface area (Å²) in [5.74, 6) is 0.686. The second-order valence-corrected chi connectivity index (χ2v) is 3.53. The standard InChI is InChI=1S/C9H18O/c1-4-9(7(2)3)10-8-5-6-8/h7-9H,4-6H2,1-3H3. The largest absolute Gasteiger partial charge is 0.375 e. The first-order chi connectivity index (χ1) is 4.74. The van der Waals surface area contributed by atoms with Crippen LogP contribution in [0.1, 0.15) is 40.0 Å². The highest BCUT2D eigenvalue weighted by molar-refractivity contribution is 4.76. The Hall–Kier alpha value is -0.0400. The quantitative estimate of drug-likeness (QED) is 0.586. The molecule has 0 radical (unpaired) electrons. The normalized spacial score (nSPS) is 21.6. The fraction of sp³-hybridized carbons (Fsp3) is 1.00. The molecule has 1 aliphatic carbocycles. The lowest BCUT2D eigenvalue weighted by molar-refractivity contribution is 0.00806. The van der Waals surface area contributed by atoms with Crippen molar-refractivity contribution in [2.75, 3.05) is 0 Å². The SMILES string of the molecule is CCC(OC1CC1)C(C)C. The molecule has 60 valence electrons. The lowest BCUT2D eigenvalue weighted by Crippen LogP contribution is -2.19. The molecule has 1 nitrogen and oxygen atoms in total. The van der Waals surface area contributed by atoms with Gasteiger partial charge in [0.2, 0.25) is 0 Å². The zero-order chi connectivity index (χ0) is 7.56. The zero-order valence-electron chi connectivity index (χ0n) is 7.26. The van der Waals surface area contributed by atoms with Gasteiger partial charge in [-0.3, -0.25) is 0 Å². The van der Waals surface area contributed by atoms with Gasteiger partial charge in [-0.05, 0) is 25.2 Å². The van der Waals surface area contributed by atoms with E-state index in [9.17, 15) is 0 Å². The molecule has 1 atom stereocenters. The molecule has 0 spiro atoms. The van der Waals surface area contributed by atoms with Crippen LogP contribution in [0.2, 0.25) is 0 Å². The summed E-state index contributed by atoms with van der Waals surface area (Å²) in [7, 11) is 0. The number of ether oxygens (including phenoxy) is 1. The smallest absolute Gasteiger partial charge is 0.0599 e. The summed E-state index contributed by atoms with van der Waals surface area (Å²) in [5, 5.41) is 0. The highest BCUT2D eigenvalue weighted by Crippen LogP contribution is 2.27. The van der Waals surface area contributed by atoms with Gasteiger partial charge in [0.25, 0.3) is 0 Å². The predicted molar refractivity (Wildman–Crippen MR) is 43.0 cm³/mol. The summed E-state index contributed by atoms with van der Waals surface area (Å²) in [6, 6.07) is 0. The Labute approximate surface area is 63.8 Å². The third kappa shape index (κ3) is 2.30. The monoisotopic (exact) mass is 142 g/mol. The molecule has 0 aromatic heterocycles. The van der Waals surface area contributed by atoms with Crippen molar-refractivity contribution in [2.24, 2.45) is 5.92 Å². The van der Waals surface area contributed by atoms with Gasteiger partial charge in [0, 0.05) is 0 Å². The van der Waals surface area contributed by atoms with Gasteiger partial charge >= 0.3 is 0 Å². The van der Waals surface area contributed by atoms with Crippen LogP contribution in [0.5, 0.6) is 0 Å². The molecule has 1 unspecified atom stereocenters. The van der Waals surface area contributed by atoms with E-state index < -0.39 is 0 Å². The van der Waals surface area contributed by atoms with E-state index in [0.717, 1.165) is 6.42 Å². The van der Waals surface area contributed by atoms with Crippen molar-refractivity contribution >= 4 is 0 Å². The summed E-state index contributed by atoms with van der Waals surface area (Å²) in [4.78, 5) is 0. The lowest BCUT2D eigenvalue weighted by Gasteiger charge is -2.19. The summed E-state index contributed by atoms with van der Waals surface area (Å²) < 4.78 is 5.77. The van der Waals surface area contributed by atoms with E-state index in [1.54, 1.807) is 0 Å². The second-order valence-electron chi connectivity index (χ2n) is 3.53. The van der Waals surface area contributed by atoms with E-state index in [4.69, 9.17) is 4.74 Å². The molecule has 0 aromatic rings. The molecule has 1 heteroatoms. The summed E-state index contributed by atoms with van der Waals surface area (Å²) >= 11 is 0. The van der Waals surface area contributed by atoms with Gasteiger partial charge in [-0.25, -0.2) is 0 Å². The van der Waals surface area contributed by atoms with Crippen LogP contribution in [0.25, 0.3) is 0 Å². The Morgan fingerprint density at radius 2 is 2.00 bits per heavy atom. The van der Waals surface area contributed by atoms with E-state index in [1.807, 2.05) is 0 Å². The average Bonchev–Trinajstić information content (AvgIpc) is 2.64. The molecule has 1 saturated carbocycles. The van der Waals surface area contributed by atoms with Crippen molar-refractivity contribution in [1.29, 1.82) is 0 Å². The van der Waals surface area contributed by atoms with Crippen molar-refractivity contribution in [3.63, 3.8) is 0 Å². The van der Waals surface area contributed by atoms with E-state index in [2.05, 4.69) is 20.8 Å². The number of hydrogen-bond acceptors (Lipinski definition) is 1. The average molecular weight is 142 g/mol. The van der Waals surface area contributed by atoms with Gasteiger partial charge in [-0.15, -0.1) is 0 Å². The van der Waals surface area contributed by atoms with E-state index >= 15 is 0 Å². The van der Waals surface area contributed by atoms with Crippen LogP contribution >= 0.6 is 0 Å². The first kappa shape index (κ1) is 8.06. The Morgan fingerprint density at radius 1 is 1.40 bits per heavy atom.